The van der Waals surface area contributed by atoms with Gasteiger partial charge in [-0.05, 0) is 37.0 Å². The molecule has 20 heavy (non-hydrogen) atoms. The minimum Gasteiger partial charge on any atom is -0.478 e. The zero-order chi connectivity index (χ0) is 14.7. The van der Waals surface area contributed by atoms with Gasteiger partial charge in [0.2, 0.25) is 5.91 Å². The molecule has 0 heterocycles. The normalized spacial score (nSPS) is 15.2. The molecule has 0 aromatic heterocycles. The first-order valence-corrected chi connectivity index (χ1v) is 6.88. The molecule has 1 aromatic carbocycles. The van der Waals surface area contributed by atoms with Gasteiger partial charge >= 0.3 is 5.97 Å². The lowest BCUT2D eigenvalue weighted by Gasteiger charge is -2.21. The van der Waals surface area contributed by atoms with Gasteiger partial charge in [-0.2, -0.15) is 0 Å². The Balaban J connectivity index is 2.17. The minimum absolute atomic E-state index is 0.0378. The Morgan fingerprint density at radius 2 is 2.00 bits per heavy atom. The molecular weight excluding hydrogens is 256 g/mol. The second-order valence-corrected chi connectivity index (χ2v) is 5.39. The Labute approximate surface area is 118 Å². The summed E-state index contributed by atoms with van der Waals surface area (Å²) in [6, 6.07) is 4.59. The van der Waals surface area contributed by atoms with E-state index in [1.54, 1.807) is 19.2 Å². The van der Waals surface area contributed by atoms with Crippen LogP contribution in [0.2, 0.25) is 0 Å². The number of carbonyl (C=O) groups is 2. The first-order valence-electron chi connectivity index (χ1n) is 6.88. The number of anilines is 2. The van der Waals surface area contributed by atoms with Gasteiger partial charge in [-0.1, -0.05) is 12.8 Å². The number of aromatic carboxylic acids is 1. The molecule has 0 bridgehead atoms. The quantitative estimate of drug-likeness (QED) is 0.828. The number of nitrogen functional groups attached to an aromatic ring is 1. The van der Waals surface area contributed by atoms with E-state index in [1.807, 2.05) is 0 Å². The first kappa shape index (κ1) is 14.4. The van der Waals surface area contributed by atoms with Gasteiger partial charge in [0.05, 0.1) is 11.3 Å². The van der Waals surface area contributed by atoms with Crippen molar-refractivity contribution >= 4 is 23.3 Å². The Hall–Kier alpha value is -2.04. The number of carboxylic acid groups (broad SMARTS) is 1. The van der Waals surface area contributed by atoms with E-state index in [1.165, 1.54) is 23.8 Å². The lowest BCUT2D eigenvalue weighted by molar-refractivity contribution is -0.119. The van der Waals surface area contributed by atoms with Crippen molar-refractivity contribution in [2.24, 2.45) is 5.92 Å². The highest BCUT2D eigenvalue weighted by Crippen LogP contribution is 2.29. The predicted octanol–water partition coefficient (Wildman–Crippen LogP) is 2.51. The fourth-order valence-corrected chi connectivity index (χ4v) is 2.75. The van der Waals surface area contributed by atoms with Crippen molar-refractivity contribution in [3.63, 3.8) is 0 Å². The molecule has 1 aliphatic carbocycles. The fourth-order valence-electron chi connectivity index (χ4n) is 2.75. The molecule has 1 fully saturated rings. The van der Waals surface area contributed by atoms with Gasteiger partial charge in [0.15, 0.2) is 0 Å². The number of carbonyl (C=O) groups excluding carboxylic acids is 1. The third-order valence-corrected chi connectivity index (χ3v) is 3.92. The van der Waals surface area contributed by atoms with Gasteiger partial charge in [0.1, 0.15) is 0 Å². The van der Waals surface area contributed by atoms with E-state index in [0.29, 0.717) is 23.7 Å². The van der Waals surface area contributed by atoms with E-state index in [0.717, 1.165) is 12.8 Å². The number of nitrogens with zero attached hydrogens (tertiary/aromatic N) is 1. The molecule has 0 aliphatic heterocycles. The molecule has 5 nitrogen and oxygen atoms in total. The zero-order valence-corrected chi connectivity index (χ0v) is 11.6. The average molecular weight is 276 g/mol. The van der Waals surface area contributed by atoms with Crippen LogP contribution in [0.1, 0.15) is 42.5 Å². The molecule has 1 amide bonds. The van der Waals surface area contributed by atoms with Crippen LogP contribution in [-0.4, -0.2) is 24.0 Å². The summed E-state index contributed by atoms with van der Waals surface area (Å²) in [5, 5.41) is 9.21. The van der Waals surface area contributed by atoms with Gasteiger partial charge in [0, 0.05) is 19.2 Å². The highest BCUT2D eigenvalue weighted by Gasteiger charge is 2.23. The molecule has 0 unspecified atom stereocenters. The Morgan fingerprint density at radius 3 is 2.60 bits per heavy atom. The van der Waals surface area contributed by atoms with E-state index >= 15 is 0 Å². The molecule has 0 atom stereocenters. The van der Waals surface area contributed by atoms with Gasteiger partial charge < -0.3 is 15.7 Å². The van der Waals surface area contributed by atoms with Crippen LogP contribution in [0.3, 0.4) is 0 Å². The van der Waals surface area contributed by atoms with Crippen molar-refractivity contribution in [2.45, 2.75) is 32.1 Å². The van der Waals surface area contributed by atoms with Crippen molar-refractivity contribution in [3.05, 3.63) is 23.8 Å². The summed E-state index contributed by atoms with van der Waals surface area (Å²) < 4.78 is 0. The number of benzene rings is 1. The SMILES string of the molecule is CN(C(=O)CC1CCCC1)c1ccc(N)cc1C(=O)O. The van der Waals surface area contributed by atoms with Crippen LogP contribution in [0.15, 0.2) is 18.2 Å². The first-order chi connectivity index (χ1) is 9.49. The molecule has 108 valence electrons. The minimum atomic E-state index is -1.08. The monoisotopic (exact) mass is 276 g/mol. The van der Waals surface area contributed by atoms with Crippen molar-refractivity contribution in [2.75, 3.05) is 17.7 Å². The van der Waals surface area contributed by atoms with Crippen molar-refractivity contribution in [1.82, 2.24) is 0 Å². The highest BCUT2D eigenvalue weighted by molar-refractivity contribution is 6.02. The Bertz CT molecular complexity index is 522. The van der Waals surface area contributed by atoms with Crippen molar-refractivity contribution < 1.29 is 14.7 Å². The molecule has 5 heteroatoms. The van der Waals surface area contributed by atoms with Crippen molar-refractivity contribution in [1.29, 1.82) is 0 Å². The molecule has 2 rings (SSSR count). The predicted molar refractivity (Wildman–Crippen MR) is 77.8 cm³/mol. The number of nitrogens with two attached hydrogens (primary N) is 1. The maximum atomic E-state index is 12.3. The summed E-state index contributed by atoms with van der Waals surface area (Å²) in [5.74, 6) is -0.677. The van der Waals surface area contributed by atoms with E-state index < -0.39 is 5.97 Å². The number of rotatable bonds is 4. The summed E-state index contributed by atoms with van der Waals surface area (Å²) in [6.07, 6.45) is 5.04. The second kappa shape index (κ2) is 5.94. The summed E-state index contributed by atoms with van der Waals surface area (Å²) in [7, 11) is 1.62. The summed E-state index contributed by atoms with van der Waals surface area (Å²) in [5.41, 5.74) is 6.44. The molecule has 1 saturated carbocycles. The van der Waals surface area contributed by atoms with Crippen LogP contribution in [0.25, 0.3) is 0 Å². The van der Waals surface area contributed by atoms with Crippen LogP contribution in [0.4, 0.5) is 11.4 Å². The molecule has 0 saturated heterocycles. The van der Waals surface area contributed by atoms with Gasteiger partial charge in [-0.3, -0.25) is 4.79 Å². The molecule has 1 aliphatic rings. The Morgan fingerprint density at radius 1 is 1.35 bits per heavy atom. The lowest BCUT2D eigenvalue weighted by atomic mass is 10.0. The summed E-state index contributed by atoms with van der Waals surface area (Å²) in [4.78, 5) is 24.9. The van der Waals surface area contributed by atoms with Crippen LogP contribution in [0, 0.1) is 5.92 Å². The smallest absolute Gasteiger partial charge is 0.337 e. The van der Waals surface area contributed by atoms with E-state index in [2.05, 4.69) is 0 Å². The molecule has 3 N–H and O–H groups in total. The Kier molecular flexibility index (Phi) is 4.27. The molecule has 1 aromatic rings. The fraction of sp³-hybridized carbons (Fsp3) is 0.467. The standard InChI is InChI=1S/C15H20N2O3/c1-17(14(18)8-10-4-2-3-5-10)13-7-6-11(16)9-12(13)15(19)20/h6-7,9-10H,2-5,8,16H2,1H3,(H,19,20). The van der Waals surface area contributed by atoms with Gasteiger partial charge in [-0.15, -0.1) is 0 Å². The topological polar surface area (TPSA) is 83.6 Å². The molecular formula is C15H20N2O3. The van der Waals surface area contributed by atoms with Crippen LogP contribution in [0.5, 0.6) is 0 Å². The maximum Gasteiger partial charge on any atom is 0.337 e. The van der Waals surface area contributed by atoms with E-state index in [-0.39, 0.29) is 11.5 Å². The number of hydrogen-bond acceptors (Lipinski definition) is 3. The van der Waals surface area contributed by atoms with E-state index in [9.17, 15) is 14.7 Å². The maximum absolute atomic E-state index is 12.3. The lowest BCUT2D eigenvalue weighted by Crippen LogP contribution is -2.29. The number of amides is 1. The molecule has 0 radical (unpaired) electrons. The highest BCUT2D eigenvalue weighted by atomic mass is 16.4. The third kappa shape index (κ3) is 3.10. The van der Waals surface area contributed by atoms with Gasteiger partial charge in [0.25, 0.3) is 0 Å². The van der Waals surface area contributed by atoms with Crippen molar-refractivity contribution in [3.8, 4) is 0 Å². The average Bonchev–Trinajstić information content (AvgIpc) is 2.90. The zero-order valence-electron chi connectivity index (χ0n) is 11.6. The van der Waals surface area contributed by atoms with E-state index in [4.69, 9.17) is 5.73 Å². The largest absolute Gasteiger partial charge is 0.478 e. The summed E-state index contributed by atoms with van der Waals surface area (Å²) >= 11 is 0. The molecule has 0 spiro atoms. The van der Waals surface area contributed by atoms with Crippen LogP contribution in [-0.2, 0) is 4.79 Å². The number of carboxylic acids is 1. The van der Waals surface area contributed by atoms with Gasteiger partial charge in [-0.25, -0.2) is 4.79 Å². The second-order valence-electron chi connectivity index (χ2n) is 5.39. The van der Waals surface area contributed by atoms with Crippen LogP contribution < -0.4 is 10.6 Å². The number of hydrogen-bond donors (Lipinski definition) is 2. The summed E-state index contributed by atoms with van der Waals surface area (Å²) in [6.45, 7) is 0. The third-order valence-electron chi connectivity index (χ3n) is 3.92. The van der Waals surface area contributed by atoms with Crippen LogP contribution >= 0.6 is 0 Å².